The molecule has 1 N–H and O–H groups in total. The molecule has 0 saturated heterocycles. The van der Waals surface area contributed by atoms with Crippen LogP contribution in [0.25, 0.3) is 6.08 Å². The molecule has 0 amide bonds. The van der Waals surface area contributed by atoms with E-state index in [-0.39, 0.29) is 0 Å². The second kappa shape index (κ2) is 3.64. The van der Waals surface area contributed by atoms with Gasteiger partial charge in [-0.2, -0.15) is 10.2 Å². The molecule has 0 spiro atoms. The lowest BCUT2D eigenvalue weighted by molar-refractivity contribution is 1.01. The highest BCUT2D eigenvalue weighted by atomic mass is 32.1. The van der Waals surface area contributed by atoms with Gasteiger partial charge in [0, 0.05) is 0 Å². The largest absolute Gasteiger partial charge is 0.214 e. The molecule has 1 atom stereocenters. The van der Waals surface area contributed by atoms with Crippen LogP contribution in [0.3, 0.4) is 0 Å². The summed E-state index contributed by atoms with van der Waals surface area (Å²) in [5.74, 6) is 1.75. The maximum atomic E-state index is 6.77. The van der Waals surface area contributed by atoms with Gasteiger partial charge in [-0.05, 0) is 18.9 Å². The summed E-state index contributed by atoms with van der Waals surface area (Å²) in [5.41, 5.74) is 7.93. The molecule has 0 radical (unpaired) electrons. The Morgan fingerprint density at radius 1 is 1.82 bits per heavy atom. The van der Waals surface area contributed by atoms with E-state index >= 15 is 0 Å². The Balaban J connectivity index is 3.11. The Morgan fingerprint density at radius 3 is 3.09 bits per heavy atom. The Hall–Kier alpha value is -0.670. The summed E-state index contributed by atoms with van der Waals surface area (Å²) in [6.45, 7) is 0. The smallest absolute Gasteiger partial charge is 0.131 e. The van der Waals surface area contributed by atoms with Crippen molar-refractivity contribution in [1.82, 2.24) is 9.19 Å². The van der Waals surface area contributed by atoms with Crippen LogP contribution in [0.15, 0.2) is 17.1 Å². The Morgan fingerprint density at radius 2 is 2.55 bits per heavy atom. The predicted molar refractivity (Wildman–Crippen MR) is 50.2 cm³/mol. The number of nitrogens with zero attached hydrogens (tertiary/aromatic N) is 3. The van der Waals surface area contributed by atoms with Gasteiger partial charge < -0.3 is 0 Å². The first-order valence-corrected chi connectivity index (χ1v) is 3.89. The van der Waals surface area contributed by atoms with Crippen LogP contribution in [-0.4, -0.2) is 9.19 Å². The van der Waals surface area contributed by atoms with Gasteiger partial charge in [0.25, 0.3) is 0 Å². The summed E-state index contributed by atoms with van der Waals surface area (Å²) >= 11 is 3.94. The van der Waals surface area contributed by atoms with E-state index in [1.165, 1.54) is 4.09 Å². The molecule has 0 aromatic carbocycles. The van der Waals surface area contributed by atoms with Crippen LogP contribution in [0.5, 0.6) is 0 Å². The Kier molecular flexibility index (Phi) is 2.79. The van der Waals surface area contributed by atoms with Gasteiger partial charge in [0.15, 0.2) is 0 Å². The predicted octanol–water partition coefficient (Wildman–Crippen LogP) is 2.08. The molecule has 1 heterocycles. The van der Waals surface area contributed by atoms with Crippen molar-refractivity contribution in [2.24, 2.45) is 5.11 Å². The maximum Gasteiger partial charge on any atom is 0.131 e. The third-order valence-electron chi connectivity index (χ3n) is 1.08. The van der Waals surface area contributed by atoms with Gasteiger partial charge in [0.2, 0.25) is 0 Å². The maximum absolute atomic E-state index is 6.77. The minimum Gasteiger partial charge on any atom is -0.214 e. The topological polar surface area (TPSA) is 54.0 Å². The summed E-state index contributed by atoms with van der Waals surface area (Å²) in [6.07, 6.45) is 3.31. The van der Waals surface area contributed by atoms with E-state index in [0.29, 0.717) is 11.4 Å². The molecule has 1 unspecified atom stereocenters. The van der Waals surface area contributed by atoms with Gasteiger partial charge in [-0.3, -0.25) is 0 Å². The quantitative estimate of drug-likeness (QED) is 0.414. The van der Waals surface area contributed by atoms with E-state index in [4.69, 9.17) is 5.53 Å². The number of aromatic nitrogens is 2. The normalized spacial score (nSPS) is 10.7. The molecule has 0 aliphatic heterocycles. The third-order valence-corrected chi connectivity index (χ3v) is 1.48. The van der Waals surface area contributed by atoms with Crippen molar-refractivity contribution < 1.29 is 0 Å². The molecule has 1 aromatic rings. The standard InChI is InChI=1S/C5H7N4PS/c6-7-5-3-9(11)8-4(5)1-2-10/h1-3,6,11H,10H2/b2-1-,7-6?. The number of nitrogens with one attached hydrogen (secondary N) is 1. The summed E-state index contributed by atoms with van der Waals surface area (Å²) in [7, 11) is 2.42. The number of rotatable bonds is 2. The second-order valence-electron chi connectivity index (χ2n) is 1.79. The average Bonchev–Trinajstić information content (AvgIpc) is 2.32. The Labute approximate surface area is 71.9 Å². The lowest BCUT2D eigenvalue weighted by Gasteiger charge is -1.82. The fourth-order valence-corrected chi connectivity index (χ4v) is 1.05. The van der Waals surface area contributed by atoms with Gasteiger partial charge in [-0.15, -0.1) is 9.24 Å². The molecule has 4 nitrogen and oxygen atoms in total. The van der Waals surface area contributed by atoms with Gasteiger partial charge in [-0.1, -0.05) is 5.82 Å². The van der Waals surface area contributed by atoms with E-state index in [9.17, 15) is 0 Å². The van der Waals surface area contributed by atoms with Crippen molar-refractivity contribution in [2.45, 2.75) is 0 Å². The molecule has 1 rings (SSSR count). The van der Waals surface area contributed by atoms with E-state index in [1.54, 1.807) is 18.1 Å². The van der Waals surface area contributed by atoms with Crippen LogP contribution in [-0.2, 0) is 0 Å². The zero-order valence-corrected chi connectivity index (χ0v) is 7.65. The fraction of sp³-hybridized carbons (Fsp3) is 0. The molecular formula is C5H7N4PS. The molecule has 6 heteroatoms. The molecule has 0 aliphatic rings. The summed E-state index contributed by atoms with van der Waals surface area (Å²) in [6, 6.07) is 0. The SMILES string of the molecule is N=Nc1cn(S)nc1/C=C\P. The number of hydrogen-bond donors (Lipinski definition) is 2. The molecule has 0 fully saturated rings. The molecule has 0 aliphatic carbocycles. The molecular weight excluding hydrogens is 179 g/mol. The summed E-state index contributed by atoms with van der Waals surface area (Å²) < 4.78 is 1.33. The van der Waals surface area contributed by atoms with Crippen LogP contribution in [0.2, 0.25) is 0 Å². The minimum absolute atomic E-state index is 0.513. The van der Waals surface area contributed by atoms with E-state index in [1.807, 2.05) is 0 Å². The van der Waals surface area contributed by atoms with Crippen molar-refractivity contribution >= 4 is 33.8 Å². The zero-order chi connectivity index (χ0) is 8.27. The van der Waals surface area contributed by atoms with Crippen LogP contribution in [0.1, 0.15) is 5.69 Å². The number of thiol groups is 1. The average molecular weight is 186 g/mol. The molecule has 11 heavy (non-hydrogen) atoms. The van der Waals surface area contributed by atoms with Crippen molar-refractivity contribution in [3.05, 3.63) is 17.7 Å². The first-order chi connectivity index (χ1) is 5.27. The highest BCUT2D eigenvalue weighted by molar-refractivity contribution is 7.78. The Bertz CT molecular complexity index is 293. The van der Waals surface area contributed by atoms with Gasteiger partial charge in [-0.25, -0.2) is 9.62 Å². The van der Waals surface area contributed by atoms with Crippen molar-refractivity contribution in [2.75, 3.05) is 0 Å². The summed E-state index contributed by atoms with van der Waals surface area (Å²) in [5, 5.41) is 7.21. The van der Waals surface area contributed by atoms with Crippen molar-refractivity contribution in [3.8, 4) is 0 Å². The lowest BCUT2D eigenvalue weighted by atomic mass is 10.4. The first kappa shape index (κ1) is 8.43. The minimum atomic E-state index is 0.513. The number of hydrogen-bond acceptors (Lipinski definition) is 4. The van der Waals surface area contributed by atoms with Crippen LogP contribution in [0, 0.1) is 5.53 Å². The van der Waals surface area contributed by atoms with Gasteiger partial charge >= 0.3 is 0 Å². The second-order valence-corrected chi connectivity index (χ2v) is 2.59. The van der Waals surface area contributed by atoms with E-state index in [0.717, 1.165) is 0 Å². The van der Waals surface area contributed by atoms with Crippen LogP contribution < -0.4 is 0 Å². The fourth-order valence-electron chi connectivity index (χ4n) is 0.662. The summed E-state index contributed by atoms with van der Waals surface area (Å²) in [4.78, 5) is 0. The van der Waals surface area contributed by atoms with E-state index in [2.05, 4.69) is 32.3 Å². The van der Waals surface area contributed by atoms with Crippen molar-refractivity contribution in [3.63, 3.8) is 0 Å². The van der Waals surface area contributed by atoms with Crippen molar-refractivity contribution in [1.29, 1.82) is 5.53 Å². The van der Waals surface area contributed by atoms with Gasteiger partial charge in [0.1, 0.15) is 11.4 Å². The van der Waals surface area contributed by atoms with Gasteiger partial charge in [0.05, 0.1) is 6.20 Å². The lowest BCUT2D eigenvalue weighted by Crippen LogP contribution is -1.78. The monoisotopic (exact) mass is 186 g/mol. The molecule has 0 saturated carbocycles. The molecule has 0 bridgehead atoms. The van der Waals surface area contributed by atoms with E-state index < -0.39 is 0 Å². The highest BCUT2D eigenvalue weighted by Gasteiger charge is 2.01. The molecule has 58 valence electrons. The highest BCUT2D eigenvalue weighted by Crippen LogP contribution is 2.19. The van der Waals surface area contributed by atoms with Crippen LogP contribution in [0.4, 0.5) is 5.69 Å². The zero-order valence-electron chi connectivity index (χ0n) is 5.60. The first-order valence-electron chi connectivity index (χ1n) is 2.82. The molecule has 1 aromatic heterocycles. The van der Waals surface area contributed by atoms with Crippen LogP contribution >= 0.6 is 22.1 Å². The third kappa shape index (κ3) is 1.88.